The highest BCUT2D eigenvalue weighted by Crippen LogP contribution is 2.28. The van der Waals surface area contributed by atoms with Crippen LogP contribution < -0.4 is 5.32 Å². The summed E-state index contributed by atoms with van der Waals surface area (Å²) in [5.41, 5.74) is 1.10. The Balaban J connectivity index is 1.81. The molecule has 1 saturated heterocycles. The Bertz CT molecular complexity index is 552. The molecule has 1 N–H and O–H groups in total. The number of benzene rings is 1. The van der Waals surface area contributed by atoms with E-state index in [1.54, 1.807) is 0 Å². The zero-order valence-electron chi connectivity index (χ0n) is 14.4. The van der Waals surface area contributed by atoms with Gasteiger partial charge in [-0.25, -0.2) is 0 Å². The van der Waals surface area contributed by atoms with Crippen LogP contribution in [0.15, 0.2) is 30.3 Å². The molecule has 4 nitrogen and oxygen atoms in total. The Kier molecular flexibility index (Phi) is 5.89. The van der Waals surface area contributed by atoms with Gasteiger partial charge < -0.3 is 10.2 Å². The van der Waals surface area contributed by atoms with E-state index in [1.165, 1.54) is 6.42 Å². The number of hydrogen-bond acceptors (Lipinski definition) is 2. The van der Waals surface area contributed by atoms with E-state index in [0.717, 1.165) is 57.1 Å². The van der Waals surface area contributed by atoms with Crippen molar-refractivity contribution < 1.29 is 9.59 Å². The summed E-state index contributed by atoms with van der Waals surface area (Å²) < 4.78 is 0. The van der Waals surface area contributed by atoms with Gasteiger partial charge in [-0.15, -0.1) is 0 Å². The second kappa shape index (κ2) is 8.32. The Morgan fingerprint density at radius 2 is 1.71 bits per heavy atom. The van der Waals surface area contributed by atoms with Gasteiger partial charge in [0.2, 0.25) is 11.8 Å². The van der Waals surface area contributed by atoms with Gasteiger partial charge in [-0.3, -0.25) is 9.59 Å². The Morgan fingerprint density at radius 3 is 2.46 bits per heavy atom. The standard InChI is InChI=1S/C20H28N2O2/c23-19-18(13-7-8-14-21-19)22(15-16-9-3-1-4-10-16)20(24)17-11-5-2-6-12-17/h1,3-4,9-10,17-18H,2,5-8,11-15H2,(H,21,23). The summed E-state index contributed by atoms with van der Waals surface area (Å²) >= 11 is 0. The maximum absolute atomic E-state index is 13.2. The van der Waals surface area contributed by atoms with Crippen molar-refractivity contribution in [2.24, 2.45) is 5.92 Å². The molecule has 1 aromatic rings. The summed E-state index contributed by atoms with van der Waals surface area (Å²) in [5.74, 6) is 0.298. The minimum Gasteiger partial charge on any atom is -0.354 e. The lowest BCUT2D eigenvalue weighted by atomic mass is 9.87. The fourth-order valence-corrected chi connectivity index (χ4v) is 3.93. The fraction of sp³-hybridized carbons (Fsp3) is 0.600. The summed E-state index contributed by atoms with van der Waals surface area (Å²) in [6.07, 6.45) is 8.20. The summed E-state index contributed by atoms with van der Waals surface area (Å²) in [6.45, 7) is 1.26. The van der Waals surface area contributed by atoms with Crippen LogP contribution in [0.2, 0.25) is 0 Å². The molecule has 1 aromatic carbocycles. The van der Waals surface area contributed by atoms with Crippen LogP contribution in [0, 0.1) is 5.92 Å². The van der Waals surface area contributed by atoms with E-state index in [-0.39, 0.29) is 23.8 Å². The van der Waals surface area contributed by atoms with E-state index in [9.17, 15) is 9.59 Å². The molecule has 0 aromatic heterocycles. The van der Waals surface area contributed by atoms with E-state index in [4.69, 9.17) is 0 Å². The highest BCUT2D eigenvalue weighted by atomic mass is 16.2. The van der Waals surface area contributed by atoms with Crippen molar-refractivity contribution in [3.05, 3.63) is 35.9 Å². The van der Waals surface area contributed by atoms with Crippen molar-refractivity contribution in [2.75, 3.05) is 6.54 Å². The third-order valence-electron chi connectivity index (χ3n) is 5.32. The number of nitrogens with zero attached hydrogens (tertiary/aromatic N) is 1. The Labute approximate surface area is 144 Å². The summed E-state index contributed by atoms with van der Waals surface area (Å²) in [6, 6.07) is 9.72. The van der Waals surface area contributed by atoms with Gasteiger partial charge in [-0.2, -0.15) is 0 Å². The minimum absolute atomic E-state index is 0.0209. The highest BCUT2D eigenvalue weighted by Gasteiger charge is 2.34. The van der Waals surface area contributed by atoms with Gasteiger partial charge in [-0.05, 0) is 37.7 Å². The van der Waals surface area contributed by atoms with Gasteiger partial charge in [0.1, 0.15) is 6.04 Å². The number of rotatable bonds is 4. The lowest BCUT2D eigenvalue weighted by Gasteiger charge is -2.34. The first-order valence-electron chi connectivity index (χ1n) is 9.38. The van der Waals surface area contributed by atoms with Crippen molar-refractivity contribution >= 4 is 11.8 Å². The zero-order chi connectivity index (χ0) is 16.8. The normalized spacial score (nSPS) is 22.5. The molecule has 2 amide bonds. The van der Waals surface area contributed by atoms with E-state index < -0.39 is 0 Å². The van der Waals surface area contributed by atoms with Gasteiger partial charge in [0.15, 0.2) is 0 Å². The molecule has 0 spiro atoms. The van der Waals surface area contributed by atoms with Crippen LogP contribution in [-0.4, -0.2) is 29.3 Å². The van der Waals surface area contributed by atoms with Crippen molar-refractivity contribution in [1.82, 2.24) is 10.2 Å². The van der Waals surface area contributed by atoms with Crippen LogP contribution >= 0.6 is 0 Å². The topological polar surface area (TPSA) is 49.4 Å². The fourth-order valence-electron chi connectivity index (χ4n) is 3.93. The number of carbonyl (C=O) groups is 2. The third-order valence-corrected chi connectivity index (χ3v) is 5.32. The second-order valence-corrected chi connectivity index (χ2v) is 7.09. The van der Waals surface area contributed by atoms with Gasteiger partial charge in [-0.1, -0.05) is 49.6 Å². The van der Waals surface area contributed by atoms with Crippen LogP contribution in [0.4, 0.5) is 0 Å². The first-order chi connectivity index (χ1) is 11.8. The zero-order valence-corrected chi connectivity index (χ0v) is 14.4. The molecule has 0 radical (unpaired) electrons. The van der Waals surface area contributed by atoms with Gasteiger partial charge in [0.25, 0.3) is 0 Å². The summed E-state index contributed by atoms with van der Waals surface area (Å²) in [5, 5.41) is 2.99. The molecule has 130 valence electrons. The number of carbonyl (C=O) groups excluding carboxylic acids is 2. The molecule has 1 aliphatic carbocycles. The van der Waals surface area contributed by atoms with Crippen LogP contribution in [0.1, 0.15) is 56.9 Å². The lowest BCUT2D eigenvalue weighted by molar-refractivity contribution is -0.145. The molecule has 1 atom stereocenters. The molecular formula is C20H28N2O2. The van der Waals surface area contributed by atoms with Gasteiger partial charge >= 0.3 is 0 Å². The molecule has 0 bridgehead atoms. The minimum atomic E-state index is -0.317. The number of nitrogens with one attached hydrogen (secondary N) is 1. The van der Waals surface area contributed by atoms with Crippen LogP contribution in [0.3, 0.4) is 0 Å². The Morgan fingerprint density at radius 1 is 1.00 bits per heavy atom. The first kappa shape index (κ1) is 17.0. The monoisotopic (exact) mass is 328 g/mol. The van der Waals surface area contributed by atoms with E-state index in [2.05, 4.69) is 5.32 Å². The number of hydrogen-bond donors (Lipinski definition) is 1. The second-order valence-electron chi connectivity index (χ2n) is 7.09. The van der Waals surface area contributed by atoms with E-state index in [0.29, 0.717) is 6.54 Å². The first-order valence-corrected chi connectivity index (χ1v) is 9.38. The molecule has 1 unspecified atom stereocenters. The molecule has 1 heterocycles. The Hall–Kier alpha value is -1.84. The molecule has 24 heavy (non-hydrogen) atoms. The predicted octanol–water partition coefficient (Wildman–Crippen LogP) is 3.26. The lowest BCUT2D eigenvalue weighted by Crippen LogP contribution is -2.50. The summed E-state index contributed by atoms with van der Waals surface area (Å²) in [4.78, 5) is 27.6. The molecule has 1 saturated carbocycles. The van der Waals surface area contributed by atoms with Crippen LogP contribution in [0.5, 0.6) is 0 Å². The molecule has 1 aliphatic heterocycles. The van der Waals surface area contributed by atoms with Gasteiger partial charge in [0, 0.05) is 19.0 Å². The largest absolute Gasteiger partial charge is 0.354 e. The smallest absolute Gasteiger partial charge is 0.242 e. The van der Waals surface area contributed by atoms with Crippen molar-refractivity contribution in [1.29, 1.82) is 0 Å². The number of amides is 2. The third kappa shape index (κ3) is 4.16. The predicted molar refractivity (Wildman–Crippen MR) is 94.2 cm³/mol. The molecular weight excluding hydrogens is 300 g/mol. The van der Waals surface area contributed by atoms with Crippen molar-refractivity contribution in [2.45, 2.75) is 64.0 Å². The molecule has 2 fully saturated rings. The maximum atomic E-state index is 13.2. The van der Waals surface area contributed by atoms with Crippen molar-refractivity contribution in [3.8, 4) is 0 Å². The van der Waals surface area contributed by atoms with Crippen molar-refractivity contribution in [3.63, 3.8) is 0 Å². The SMILES string of the molecule is O=C1NCCCCC1N(Cc1ccccc1)C(=O)C1CCCCC1. The molecule has 2 aliphatic rings. The highest BCUT2D eigenvalue weighted by molar-refractivity contribution is 5.88. The van der Waals surface area contributed by atoms with E-state index >= 15 is 0 Å². The van der Waals surface area contributed by atoms with Gasteiger partial charge in [0.05, 0.1) is 0 Å². The van der Waals surface area contributed by atoms with Crippen LogP contribution in [0.25, 0.3) is 0 Å². The van der Waals surface area contributed by atoms with Crippen LogP contribution in [-0.2, 0) is 16.1 Å². The average molecular weight is 328 g/mol. The quantitative estimate of drug-likeness (QED) is 0.922. The molecule has 3 rings (SSSR count). The molecule has 4 heteroatoms. The summed E-state index contributed by atoms with van der Waals surface area (Å²) in [7, 11) is 0. The maximum Gasteiger partial charge on any atom is 0.242 e. The average Bonchev–Trinajstić information content (AvgIpc) is 2.85. The van der Waals surface area contributed by atoms with E-state index in [1.807, 2.05) is 35.2 Å².